The first-order chi connectivity index (χ1) is 12.2. The van der Waals surface area contributed by atoms with E-state index < -0.39 is 0 Å². The Morgan fingerprint density at radius 2 is 2.08 bits per heavy atom. The fraction of sp³-hybridized carbons (Fsp3) is 0.421. The zero-order valence-electron chi connectivity index (χ0n) is 14.0. The van der Waals surface area contributed by atoms with Crippen LogP contribution in [0.25, 0.3) is 0 Å². The van der Waals surface area contributed by atoms with Gasteiger partial charge in [0, 0.05) is 42.7 Å². The lowest BCUT2D eigenvalue weighted by Gasteiger charge is -2.28. The van der Waals surface area contributed by atoms with Crippen LogP contribution in [0.5, 0.6) is 11.6 Å². The molecule has 2 bridgehead atoms. The highest BCUT2D eigenvalue weighted by Crippen LogP contribution is 2.33. The predicted octanol–water partition coefficient (Wildman–Crippen LogP) is 3.13. The molecular formula is C19H22N4O2. The third-order valence-corrected chi connectivity index (χ3v) is 4.92. The van der Waals surface area contributed by atoms with E-state index in [1.807, 2.05) is 18.2 Å². The molecule has 2 atom stereocenters. The first-order valence-corrected chi connectivity index (χ1v) is 8.84. The number of carbonyl (C=O) groups excluding carboxylic acids is 1. The summed E-state index contributed by atoms with van der Waals surface area (Å²) in [5.41, 5.74) is 0.739. The lowest BCUT2D eigenvalue weighted by Crippen LogP contribution is -2.39. The highest BCUT2D eigenvalue weighted by atomic mass is 16.5. The number of fused-ring (bicyclic) bond motifs is 2. The fourth-order valence-corrected chi connectivity index (χ4v) is 3.91. The standard InChI is InChI=1S/C19H22N4O2/c24-18(10-13-8-15-4-5-16(9-13)22-15)23-14-2-1-3-17(11-14)25-19-12-20-6-7-21-19/h1-3,6-7,11-13,15-16,22H,4-5,8-10H2,(H,23,24). The van der Waals surface area contributed by atoms with Gasteiger partial charge in [-0.25, -0.2) is 4.98 Å². The molecule has 0 spiro atoms. The summed E-state index contributed by atoms with van der Waals surface area (Å²) in [7, 11) is 0. The van der Waals surface area contributed by atoms with Crippen molar-refractivity contribution >= 4 is 11.6 Å². The average molecular weight is 338 g/mol. The Morgan fingerprint density at radius 3 is 2.84 bits per heavy atom. The van der Waals surface area contributed by atoms with Crippen molar-refractivity contribution in [3.8, 4) is 11.6 Å². The lowest BCUT2D eigenvalue weighted by atomic mass is 9.89. The van der Waals surface area contributed by atoms with Crippen molar-refractivity contribution in [2.45, 2.75) is 44.2 Å². The van der Waals surface area contributed by atoms with Crippen molar-refractivity contribution in [3.63, 3.8) is 0 Å². The number of amides is 1. The minimum absolute atomic E-state index is 0.0722. The first kappa shape index (κ1) is 16.0. The molecule has 2 fully saturated rings. The third-order valence-electron chi connectivity index (χ3n) is 4.92. The molecule has 2 saturated heterocycles. The molecule has 3 heterocycles. The largest absolute Gasteiger partial charge is 0.437 e. The van der Waals surface area contributed by atoms with Crippen molar-refractivity contribution in [2.24, 2.45) is 5.92 Å². The van der Waals surface area contributed by atoms with Crippen LogP contribution in [0, 0.1) is 5.92 Å². The van der Waals surface area contributed by atoms with Gasteiger partial charge in [0.25, 0.3) is 0 Å². The van der Waals surface area contributed by atoms with Gasteiger partial charge in [-0.05, 0) is 43.7 Å². The minimum atomic E-state index is 0.0722. The SMILES string of the molecule is O=C(CC1CC2CCC(C1)N2)Nc1cccc(Oc2cnccn2)c1. The number of rotatable bonds is 5. The summed E-state index contributed by atoms with van der Waals surface area (Å²) in [4.78, 5) is 20.4. The van der Waals surface area contributed by atoms with Gasteiger partial charge >= 0.3 is 0 Å². The lowest BCUT2D eigenvalue weighted by molar-refractivity contribution is -0.117. The molecule has 2 unspecified atom stereocenters. The summed E-state index contributed by atoms with van der Waals surface area (Å²) in [6.45, 7) is 0. The third kappa shape index (κ3) is 4.14. The van der Waals surface area contributed by atoms with Crippen molar-refractivity contribution in [2.75, 3.05) is 5.32 Å². The summed E-state index contributed by atoms with van der Waals surface area (Å²) < 4.78 is 5.65. The van der Waals surface area contributed by atoms with Gasteiger partial charge in [0.1, 0.15) is 5.75 Å². The van der Waals surface area contributed by atoms with Crippen molar-refractivity contribution in [3.05, 3.63) is 42.9 Å². The molecule has 0 radical (unpaired) electrons. The minimum Gasteiger partial charge on any atom is -0.437 e. The average Bonchev–Trinajstić information content (AvgIpc) is 2.94. The van der Waals surface area contributed by atoms with E-state index in [9.17, 15) is 4.79 Å². The Labute approximate surface area is 147 Å². The molecule has 2 aliphatic rings. The second-order valence-electron chi connectivity index (χ2n) is 6.90. The van der Waals surface area contributed by atoms with E-state index in [-0.39, 0.29) is 5.91 Å². The quantitative estimate of drug-likeness (QED) is 0.876. The van der Waals surface area contributed by atoms with Gasteiger partial charge in [0.05, 0.1) is 6.20 Å². The van der Waals surface area contributed by atoms with E-state index in [4.69, 9.17) is 4.74 Å². The molecule has 2 N–H and O–H groups in total. The Morgan fingerprint density at radius 1 is 1.24 bits per heavy atom. The number of nitrogens with zero attached hydrogens (tertiary/aromatic N) is 2. The van der Waals surface area contributed by atoms with Gasteiger partial charge in [-0.2, -0.15) is 0 Å². The molecule has 25 heavy (non-hydrogen) atoms. The molecule has 1 aromatic carbocycles. The Hall–Kier alpha value is -2.47. The molecule has 2 aromatic rings. The van der Waals surface area contributed by atoms with Crippen molar-refractivity contribution < 1.29 is 9.53 Å². The summed E-state index contributed by atoms with van der Waals surface area (Å²) in [5, 5.41) is 6.60. The number of anilines is 1. The first-order valence-electron chi connectivity index (χ1n) is 8.84. The number of carbonyl (C=O) groups is 1. The van der Waals surface area contributed by atoms with Gasteiger partial charge in [-0.15, -0.1) is 0 Å². The van der Waals surface area contributed by atoms with E-state index in [0.717, 1.165) is 18.5 Å². The van der Waals surface area contributed by atoms with Crippen LogP contribution in [-0.4, -0.2) is 28.0 Å². The van der Waals surface area contributed by atoms with E-state index in [1.54, 1.807) is 24.7 Å². The zero-order valence-corrected chi connectivity index (χ0v) is 14.0. The predicted molar refractivity (Wildman–Crippen MR) is 94.5 cm³/mol. The van der Waals surface area contributed by atoms with Gasteiger partial charge in [-0.3, -0.25) is 9.78 Å². The Kier molecular flexibility index (Phi) is 4.61. The zero-order chi connectivity index (χ0) is 17.1. The molecule has 6 nitrogen and oxygen atoms in total. The molecule has 1 amide bonds. The second-order valence-corrected chi connectivity index (χ2v) is 6.90. The maximum atomic E-state index is 12.4. The number of aromatic nitrogens is 2. The summed E-state index contributed by atoms with van der Waals surface area (Å²) >= 11 is 0. The van der Waals surface area contributed by atoms with Crippen LogP contribution in [0.1, 0.15) is 32.1 Å². The number of nitrogens with one attached hydrogen (secondary N) is 2. The van der Waals surface area contributed by atoms with Crippen LogP contribution < -0.4 is 15.4 Å². The number of piperidine rings is 1. The van der Waals surface area contributed by atoms with Crippen LogP contribution in [0.15, 0.2) is 42.9 Å². The van der Waals surface area contributed by atoms with Gasteiger partial charge in [-0.1, -0.05) is 6.07 Å². The number of hydrogen-bond donors (Lipinski definition) is 2. The van der Waals surface area contributed by atoms with Crippen LogP contribution in [0.4, 0.5) is 5.69 Å². The number of benzene rings is 1. The van der Waals surface area contributed by atoms with E-state index in [0.29, 0.717) is 36.1 Å². The van der Waals surface area contributed by atoms with Gasteiger partial charge in [0.15, 0.2) is 0 Å². The number of ether oxygens (including phenoxy) is 1. The molecule has 130 valence electrons. The highest BCUT2D eigenvalue weighted by molar-refractivity contribution is 5.91. The Bertz CT molecular complexity index is 725. The maximum Gasteiger partial charge on any atom is 0.237 e. The summed E-state index contributed by atoms with van der Waals surface area (Å²) in [5.74, 6) is 1.61. The molecule has 2 aliphatic heterocycles. The molecule has 4 rings (SSSR count). The van der Waals surface area contributed by atoms with Crippen LogP contribution in [-0.2, 0) is 4.79 Å². The van der Waals surface area contributed by atoms with Gasteiger partial charge < -0.3 is 15.4 Å². The number of hydrogen-bond acceptors (Lipinski definition) is 5. The highest BCUT2D eigenvalue weighted by Gasteiger charge is 2.34. The topological polar surface area (TPSA) is 76.1 Å². The van der Waals surface area contributed by atoms with Gasteiger partial charge in [0.2, 0.25) is 11.8 Å². The van der Waals surface area contributed by atoms with E-state index in [2.05, 4.69) is 20.6 Å². The van der Waals surface area contributed by atoms with Crippen LogP contribution in [0.2, 0.25) is 0 Å². The summed E-state index contributed by atoms with van der Waals surface area (Å²) in [6.07, 6.45) is 10.0. The monoisotopic (exact) mass is 338 g/mol. The smallest absolute Gasteiger partial charge is 0.237 e. The molecule has 0 aliphatic carbocycles. The van der Waals surface area contributed by atoms with E-state index in [1.165, 1.54) is 12.8 Å². The molecule has 6 heteroatoms. The Balaban J connectivity index is 1.34. The second kappa shape index (κ2) is 7.19. The van der Waals surface area contributed by atoms with E-state index >= 15 is 0 Å². The fourth-order valence-electron chi connectivity index (χ4n) is 3.91. The van der Waals surface area contributed by atoms with Crippen molar-refractivity contribution in [1.82, 2.24) is 15.3 Å². The van der Waals surface area contributed by atoms with Crippen molar-refractivity contribution in [1.29, 1.82) is 0 Å². The van der Waals surface area contributed by atoms with Crippen LogP contribution in [0.3, 0.4) is 0 Å². The molecule has 1 aromatic heterocycles. The maximum absolute atomic E-state index is 12.4. The van der Waals surface area contributed by atoms with Crippen LogP contribution >= 0.6 is 0 Å². The normalized spacial score (nSPS) is 24.7. The summed E-state index contributed by atoms with van der Waals surface area (Å²) in [6, 6.07) is 8.58. The molecule has 0 saturated carbocycles. The molecular weight excluding hydrogens is 316 g/mol.